The molecule has 0 aliphatic rings. The van der Waals surface area contributed by atoms with Gasteiger partial charge in [-0.15, -0.1) is 24.5 Å². The van der Waals surface area contributed by atoms with Crippen molar-refractivity contribution in [2.24, 2.45) is 0 Å². The quantitative estimate of drug-likeness (QED) is 0.579. The molecule has 0 aliphatic heterocycles. The van der Waals surface area contributed by atoms with Gasteiger partial charge in [-0.3, -0.25) is 14.8 Å². The van der Waals surface area contributed by atoms with E-state index < -0.39 is 24.1 Å². The average Bonchev–Trinajstić information content (AvgIpc) is 3.14. The predicted octanol–water partition coefficient (Wildman–Crippen LogP) is 4.75. The molecule has 6 nitrogen and oxygen atoms in total. The minimum absolute atomic E-state index is 0.000152. The zero-order chi connectivity index (χ0) is 20.3. The number of benzene rings is 1. The molecule has 1 N–H and O–H groups in total. The maximum absolute atomic E-state index is 12.6. The Morgan fingerprint density at radius 1 is 1.18 bits per heavy atom. The van der Waals surface area contributed by atoms with Crippen LogP contribution >= 0.6 is 27.3 Å². The lowest BCUT2D eigenvalue weighted by Gasteiger charge is -2.16. The number of nitrogens with one attached hydrogen (secondary N) is 1. The molecule has 2 aromatic heterocycles. The van der Waals surface area contributed by atoms with E-state index in [1.54, 1.807) is 18.5 Å². The molecule has 28 heavy (non-hydrogen) atoms. The number of halogens is 4. The fourth-order valence-electron chi connectivity index (χ4n) is 2.41. The molecule has 0 radical (unpaired) electrons. The molecule has 3 rings (SSSR count). The molecule has 3 aromatic rings. The molecular weight excluding hydrogens is 461 g/mol. The third kappa shape index (κ3) is 5.04. The molecule has 0 spiro atoms. The standard InChI is InChI=1S/C17H12BrF3N4O2S/c1-9(13-14(23-3-2-22-13)16-24-4-5-28-16)25-15(26)10-6-11(18)8-12(7-10)27-17(19,20)21/h2-9H,1H3,(H,25,26). The summed E-state index contributed by atoms with van der Waals surface area (Å²) in [7, 11) is 0. The van der Waals surface area contributed by atoms with Crippen LogP contribution in [0.15, 0.2) is 46.6 Å². The SMILES string of the molecule is CC(NC(=O)c1cc(Br)cc(OC(F)(F)F)c1)c1nccnc1-c1nccs1. The Bertz CT molecular complexity index is 983. The van der Waals surface area contributed by atoms with Gasteiger partial charge in [0.25, 0.3) is 5.91 Å². The molecule has 0 aliphatic carbocycles. The highest BCUT2D eigenvalue weighted by atomic mass is 79.9. The Balaban J connectivity index is 1.82. The van der Waals surface area contributed by atoms with E-state index >= 15 is 0 Å². The van der Waals surface area contributed by atoms with Crippen LogP contribution in [-0.4, -0.2) is 27.2 Å². The van der Waals surface area contributed by atoms with Crippen molar-refractivity contribution in [2.45, 2.75) is 19.3 Å². The van der Waals surface area contributed by atoms with Crippen molar-refractivity contribution in [1.29, 1.82) is 0 Å². The number of rotatable bonds is 5. The summed E-state index contributed by atoms with van der Waals surface area (Å²) in [5.74, 6) is -1.08. The molecule has 1 unspecified atom stereocenters. The highest BCUT2D eigenvalue weighted by Crippen LogP contribution is 2.29. The van der Waals surface area contributed by atoms with E-state index in [0.29, 0.717) is 16.4 Å². The summed E-state index contributed by atoms with van der Waals surface area (Å²) in [6, 6.07) is 2.96. The summed E-state index contributed by atoms with van der Waals surface area (Å²) < 4.78 is 41.5. The van der Waals surface area contributed by atoms with Gasteiger partial charge >= 0.3 is 6.36 Å². The molecule has 0 saturated heterocycles. The maximum Gasteiger partial charge on any atom is 0.573 e. The fourth-order valence-corrected chi connectivity index (χ4v) is 3.52. The Labute approximate surface area is 169 Å². The minimum Gasteiger partial charge on any atom is -0.406 e. The number of nitrogens with zero attached hydrogens (tertiary/aromatic N) is 3. The van der Waals surface area contributed by atoms with E-state index in [4.69, 9.17) is 0 Å². The number of hydrogen-bond donors (Lipinski definition) is 1. The van der Waals surface area contributed by atoms with Crippen LogP contribution in [0.25, 0.3) is 10.7 Å². The smallest absolute Gasteiger partial charge is 0.406 e. The number of aromatic nitrogens is 3. The predicted molar refractivity (Wildman–Crippen MR) is 99.8 cm³/mol. The van der Waals surface area contributed by atoms with Gasteiger partial charge in [-0.1, -0.05) is 15.9 Å². The summed E-state index contributed by atoms with van der Waals surface area (Å²) >= 11 is 4.46. The Kier molecular flexibility index (Phi) is 5.94. The maximum atomic E-state index is 12.6. The van der Waals surface area contributed by atoms with Gasteiger partial charge in [0, 0.05) is 34.0 Å². The van der Waals surface area contributed by atoms with Crippen LogP contribution in [0, 0.1) is 0 Å². The second-order valence-electron chi connectivity index (χ2n) is 5.55. The highest BCUT2D eigenvalue weighted by Gasteiger charge is 2.31. The first-order valence-corrected chi connectivity index (χ1v) is 9.48. The van der Waals surface area contributed by atoms with Gasteiger partial charge in [-0.2, -0.15) is 0 Å². The Hall–Kier alpha value is -2.53. The van der Waals surface area contributed by atoms with Crippen LogP contribution in [0.3, 0.4) is 0 Å². The monoisotopic (exact) mass is 472 g/mol. The number of ether oxygens (including phenoxy) is 1. The van der Waals surface area contributed by atoms with Crippen LogP contribution < -0.4 is 10.1 Å². The number of thiazole rings is 1. The zero-order valence-corrected chi connectivity index (χ0v) is 16.6. The van der Waals surface area contributed by atoms with Gasteiger partial charge in [0.05, 0.1) is 11.7 Å². The lowest BCUT2D eigenvalue weighted by atomic mass is 10.1. The van der Waals surface area contributed by atoms with Crippen LogP contribution in [-0.2, 0) is 0 Å². The fraction of sp³-hybridized carbons (Fsp3) is 0.176. The van der Waals surface area contributed by atoms with Crippen molar-refractivity contribution in [3.05, 3.63) is 57.9 Å². The highest BCUT2D eigenvalue weighted by molar-refractivity contribution is 9.10. The second kappa shape index (κ2) is 8.23. The number of carbonyl (C=O) groups is 1. The Morgan fingerprint density at radius 3 is 2.61 bits per heavy atom. The molecule has 0 saturated carbocycles. The van der Waals surface area contributed by atoms with Crippen molar-refractivity contribution < 1.29 is 22.7 Å². The van der Waals surface area contributed by atoms with Gasteiger partial charge in [-0.25, -0.2) is 4.98 Å². The van der Waals surface area contributed by atoms with E-state index in [2.05, 4.69) is 40.9 Å². The number of alkyl halides is 3. The zero-order valence-electron chi connectivity index (χ0n) is 14.2. The molecule has 0 fully saturated rings. The molecule has 1 atom stereocenters. The molecule has 0 bridgehead atoms. The van der Waals surface area contributed by atoms with Crippen molar-refractivity contribution in [2.75, 3.05) is 0 Å². The van der Waals surface area contributed by atoms with Crippen molar-refractivity contribution in [1.82, 2.24) is 20.3 Å². The van der Waals surface area contributed by atoms with Crippen LogP contribution in [0.1, 0.15) is 29.0 Å². The summed E-state index contributed by atoms with van der Waals surface area (Å²) in [6.07, 6.45) is -0.219. The molecular formula is C17H12BrF3N4O2S. The van der Waals surface area contributed by atoms with Crippen LogP contribution in [0.2, 0.25) is 0 Å². The van der Waals surface area contributed by atoms with Crippen LogP contribution in [0.5, 0.6) is 5.75 Å². The topological polar surface area (TPSA) is 77.0 Å². The van der Waals surface area contributed by atoms with Crippen LogP contribution in [0.4, 0.5) is 13.2 Å². The number of carbonyl (C=O) groups excluding carboxylic acids is 1. The molecule has 2 heterocycles. The average molecular weight is 473 g/mol. The van der Waals surface area contributed by atoms with Gasteiger partial charge in [0.1, 0.15) is 16.5 Å². The Morgan fingerprint density at radius 2 is 1.93 bits per heavy atom. The van der Waals surface area contributed by atoms with Gasteiger partial charge < -0.3 is 10.1 Å². The molecule has 1 amide bonds. The lowest BCUT2D eigenvalue weighted by molar-refractivity contribution is -0.274. The minimum atomic E-state index is -4.86. The summed E-state index contributed by atoms with van der Waals surface area (Å²) in [4.78, 5) is 25.3. The first-order valence-electron chi connectivity index (χ1n) is 7.81. The normalized spacial score (nSPS) is 12.5. The van der Waals surface area contributed by atoms with E-state index in [1.807, 2.05) is 0 Å². The molecule has 146 valence electrons. The summed E-state index contributed by atoms with van der Waals surface area (Å²) in [5, 5.41) is 5.15. The van der Waals surface area contributed by atoms with Gasteiger partial charge in [-0.05, 0) is 25.1 Å². The first kappa shape index (κ1) is 20.2. The van der Waals surface area contributed by atoms with Crippen molar-refractivity contribution >= 4 is 33.2 Å². The van der Waals surface area contributed by atoms with Crippen molar-refractivity contribution in [3.63, 3.8) is 0 Å². The molecule has 11 heteroatoms. The van der Waals surface area contributed by atoms with Gasteiger partial charge in [0.2, 0.25) is 0 Å². The van der Waals surface area contributed by atoms with E-state index in [-0.39, 0.29) is 10.0 Å². The third-order valence-corrected chi connectivity index (χ3v) is 4.72. The first-order chi connectivity index (χ1) is 13.2. The lowest BCUT2D eigenvalue weighted by Crippen LogP contribution is -2.28. The van der Waals surface area contributed by atoms with E-state index in [0.717, 1.165) is 12.1 Å². The second-order valence-corrected chi connectivity index (χ2v) is 7.36. The van der Waals surface area contributed by atoms with Gasteiger partial charge in [0.15, 0.2) is 0 Å². The summed E-state index contributed by atoms with van der Waals surface area (Å²) in [6.45, 7) is 1.70. The number of hydrogen-bond acceptors (Lipinski definition) is 6. The van der Waals surface area contributed by atoms with E-state index in [1.165, 1.54) is 29.8 Å². The van der Waals surface area contributed by atoms with Crippen molar-refractivity contribution in [3.8, 4) is 16.5 Å². The third-order valence-electron chi connectivity index (χ3n) is 3.49. The number of amides is 1. The molecule has 1 aromatic carbocycles. The largest absolute Gasteiger partial charge is 0.573 e. The summed E-state index contributed by atoms with van der Waals surface area (Å²) in [5.41, 5.74) is 1.02. The van der Waals surface area contributed by atoms with E-state index in [9.17, 15) is 18.0 Å².